The SMILES string of the molecule is Nc1ccc2c(c1)nc1n2CCN(Cc2ccc3c(c2)OCO3)C1. The van der Waals surface area contributed by atoms with Gasteiger partial charge in [-0.3, -0.25) is 4.90 Å². The van der Waals surface area contributed by atoms with Crippen LogP contribution in [-0.2, 0) is 19.6 Å². The lowest BCUT2D eigenvalue weighted by Crippen LogP contribution is -2.33. The molecule has 24 heavy (non-hydrogen) atoms. The van der Waals surface area contributed by atoms with Gasteiger partial charge in [0, 0.05) is 25.3 Å². The number of imidazole rings is 1. The fourth-order valence-electron chi connectivity index (χ4n) is 3.52. The molecule has 5 rings (SSSR count). The van der Waals surface area contributed by atoms with Crippen LogP contribution in [0.1, 0.15) is 11.4 Å². The van der Waals surface area contributed by atoms with Crippen LogP contribution < -0.4 is 15.2 Å². The number of nitrogens with two attached hydrogens (primary N) is 1. The largest absolute Gasteiger partial charge is 0.454 e. The second-order valence-corrected chi connectivity index (χ2v) is 6.33. The molecular weight excluding hydrogens is 304 g/mol. The van der Waals surface area contributed by atoms with Gasteiger partial charge in [-0.05, 0) is 35.9 Å². The fourth-order valence-corrected chi connectivity index (χ4v) is 3.52. The summed E-state index contributed by atoms with van der Waals surface area (Å²) < 4.78 is 13.1. The van der Waals surface area contributed by atoms with Gasteiger partial charge in [-0.2, -0.15) is 0 Å². The van der Waals surface area contributed by atoms with Crippen molar-refractivity contribution in [2.45, 2.75) is 19.6 Å². The molecule has 0 amide bonds. The molecule has 0 fully saturated rings. The minimum atomic E-state index is 0.315. The van der Waals surface area contributed by atoms with Crippen LogP contribution in [0.4, 0.5) is 5.69 Å². The monoisotopic (exact) mass is 322 g/mol. The van der Waals surface area contributed by atoms with Crippen molar-refractivity contribution in [3.63, 3.8) is 0 Å². The molecule has 122 valence electrons. The Hall–Kier alpha value is -2.73. The molecule has 2 aliphatic rings. The summed E-state index contributed by atoms with van der Waals surface area (Å²) in [7, 11) is 0. The van der Waals surface area contributed by atoms with E-state index in [1.165, 1.54) is 11.1 Å². The van der Waals surface area contributed by atoms with Gasteiger partial charge in [0.05, 0.1) is 17.6 Å². The summed E-state index contributed by atoms with van der Waals surface area (Å²) in [6, 6.07) is 12.1. The van der Waals surface area contributed by atoms with Crippen molar-refractivity contribution >= 4 is 16.7 Å². The Balaban J connectivity index is 1.39. The molecule has 6 heteroatoms. The molecule has 0 radical (unpaired) electrons. The molecule has 6 nitrogen and oxygen atoms in total. The zero-order chi connectivity index (χ0) is 16.1. The number of hydrogen-bond donors (Lipinski definition) is 1. The third-order valence-corrected chi connectivity index (χ3v) is 4.70. The lowest BCUT2D eigenvalue weighted by Gasteiger charge is -2.27. The van der Waals surface area contributed by atoms with Crippen LogP contribution in [0, 0.1) is 0 Å². The number of anilines is 1. The first kappa shape index (κ1) is 13.7. The molecule has 1 aromatic heterocycles. The van der Waals surface area contributed by atoms with Crippen LogP contribution >= 0.6 is 0 Å². The first-order chi connectivity index (χ1) is 11.8. The highest BCUT2D eigenvalue weighted by Crippen LogP contribution is 2.33. The highest BCUT2D eigenvalue weighted by atomic mass is 16.7. The number of nitrogen functional groups attached to an aromatic ring is 1. The van der Waals surface area contributed by atoms with Crippen molar-refractivity contribution < 1.29 is 9.47 Å². The maximum absolute atomic E-state index is 5.87. The van der Waals surface area contributed by atoms with E-state index in [0.717, 1.165) is 54.7 Å². The molecule has 0 saturated carbocycles. The fraction of sp³-hybridized carbons (Fsp3) is 0.278. The molecule has 2 aliphatic heterocycles. The maximum atomic E-state index is 5.87. The number of benzene rings is 2. The lowest BCUT2D eigenvalue weighted by molar-refractivity contribution is 0.173. The van der Waals surface area contributed by atoms with E-state index in [9.17, 15) is 0 Å². The molecule has 2 aromatic carbocycles. The number of hydrogen-bond acceptors (Lipinski definition) is 5. The van der Waals surface area contributed by atoms with Gasteiger partial charge in [0.1, 0.15) is 5.82 Å². The van der Waals surface area contributed by atoms with Gasteiger partial charge in [-0.1, -0.05) is 6.07 Å². The number of nitrogens with zero attached hydrogens (tertiary/aromatic N) is 3. The zero-order valence-corrected chi connectivity index (χ0v) is 13.2. The Morgan fingerprint density at radius 1 is 1.04 bits per heavy atom. The Labute approximate surface area is 139 Å². The molecule has 0 spiro atoms. The van der Waals surface area contributed by atoms with Gasteiger partial charge < -0.3 is 19.8 Å². The highest BCUT2D eigenvalue weighted by Gasteiger charge is 2.21. The summed E-state index contributed by atoms with van der Waals surface area (Å²) in [4.78, 5) is 7.17. The quantitative estimate of drug-likeness (QED) is 0.734. The summed E-state index contributed by atoms with van der Waals surface area (Å²) in [5.41, 5.74) is 10.0. The van der Waals surface area contributed by atoms with Crippen molar-refractivity contribution in [1.29, 1.82) is 0 Å². The standard InChI is InChI=1S/C18H18N4O2/c19-13-2-3-15-14(8-13)20-18-10-21(5-6-22(15)18)9-12-1-4-16-17(7-12)24-11-23-16/h1-4,7-8H,5-6,9-11,19H2. The second-order valence-electron chi connectivity index (χ2n) is 6.33. The maximum Gasteiger partial charge on any atom is 0.231 e. The average Bonchev–Trinajstić information content (AvgIpc) is 3.17. The molecule has 0 unspecified atom stereocenters. The Bertz CT molecular complexity index is 934. The van der Waals surface area contributed by atoms with E-state index in [1.54, 1.807) is 0 Å². The molecule has 2 N–H and O–H groups in total. The van der Waals surface area contributed by atoms with Crippen molar-refractivity contribution in [3.8, 4) is 11.5 Å². The van der Waals surface area contributed by atoms with E-state index in [0.29, 0.717) is 6.79 Å². The van der Waals surface area contributed by atoms with E-state index in [-0.39, 0.29) is 0 Å². The average molecular weight is 322 g/mol. The van der Waals surface area contributed by atoms with Crippen LogP contribution in [-0.4, -0.2) is 27.8 Å². The molecule has 0 atom stereocenters. The molecule has 3 heterocycles. The molecule has 0 bridgehead atoms. The van der Waals surface area contributed by atoms with E-state index >= 15 is 0 Å². The minimum Gasteiger partial charge on any atom is -0.454 e. The normalized spacial score (nSPS) is 16.5. The summed E-state index contributed by atoms with van der Waals surface area (Å²) >= 11 is 0. The number of ether oxygens (including phenoxy) is 2. The predicted octanol–water partition coefficient (Wildman–Crippen LogP) is 2.36. The third kappa shape index (κ3) is 2.18. The molecular formula is C18H18N4O2. The van der Waals surface area contributed by atoms with Crippen LogP contribution in [0.5, 0.6) is 11.5 Å². The topological polar surface area (TPSA) is 65.5 Å². The second kappa shape index (κ2) is 5.14. The molecule has 0 saturated heterocycles. The van der Waals surface area contributed by atoms with Crippen molar-refractivity contribution in [3.05, 3.63) is 47.8 Å². The number of aromatic nitrogens is 2. The number of fused-ring (bicyclic) bond motifs is 4. The van der Waals surface area contributed by atoms with Crippen molar-refractivity contribution in [2.75, 3.05) is 19.1 Å². The Kier molecular flexibility index (Phi) is 2.93. The predicted molar refractivity (Wildman–Crippen MR) is 90.8 cm³/mol. The van der Waals surface area contributed by atoms with Gasteiger partial charge >= 0.3 is 0 Å². The number of rotatable bonds is 2. The first-order valence-electron chi connectivity index (χ1n) is 8.12. The van der Waals surface area contributed by atoms with Gasteiger partial charge in [0.2, 0.25) is 6.79 Å². The third-order valence-electron chi connectivity index (χ3n) is 4.70. The van der Waals surface area contributed by atoms with Crippen molar-refractivity contribution in [1.82, 2.24) is 14.5 Å². The van der Waals surface area contributed by atoms with Crippen molar-refractivity contribution in [2.24, 2.45) is 0 Å². The Morgan fingerprint density at radius 3 is 2.92 bits per heavy atom. The van der Waals surface area contributed by atoms with E-state index in [4.69, 9.17) is 20.2 Å². The Morgan fingerprint density at radius 2 is 1.96 bits per heavy atom. The summed E-state index contributed by atoms with van der Waals surface area (Å²) in [6.07, 6.45) is 0. The first-order valence-corrected chi connectivity index (χ1v) is 8.12. The highest BCUT2D eigenvalue weighted by molar-refractivity contribution is 5.79. The van der Waals surface area contributed by atoms with E-state index in [2.05, 4.69) is 27.7 Å². The van der Waals surface area contributed by atoms with E-state index < -0.39 is 0 Å². The van der Waals surface area contributed by atoms with Crippen LogP contribution in [0.3, 0.4) is 0 Å². The van der Waals surface area contributed by atoms with Crippen LogP contribution in [0.2, 0.25) is 0 Å². The zero-order valence-electron chi connectivity index (χ0n) is 13.2. The van der Waals surface area contributed by atoms with Gasteiger partial charge in [0.25, 0.3) is 0 Å². The van der Waals surface area contributed by atoms with Gasteiger partial charge in [-0.15, -0.1) is 0 Å². The summed E-state index contributed by atoms with van der Waals surface area (Å²) in [5.74, 6) is 2.77. The van der Waals surface area contributed by atoms with Gasteiger partial charge in [0.15, 0.2) is 11.5 Å². The van der Waals surface area contributed by atoms with E-state index in [1.807, 2.05) is 18.2 Å². The lowest BCUT2D eigenvalue weighted by atomic mass is 10.2. The van der Waals surface area contributed by atoms with Crippen LogP contribution in [0.25, 0.3) is 11.0 Å². The minimum absolute atomic E-state index is 0.315. The summed E-state index contributed by atoms with van der Waals surface area (Å²) in [5, 5.41) is 0. The molecule has 0 aliphatic carbocycles. The molecule has 3 aromatic rings. The smallest absolute Gasteiger partial charge is 0.231 e. The summed E-state index contributed by atoms with van der Waals surface area (Å²) in [6.45, 7) is 3.97. The van der Waals surface area contributed by atoms with Gasteiger partial charge in [-0.25, -0.2) is 4.98 Å². The van der Waals surface area contributed by atoms with Crippen LogP contribution in [0.15, 0.2) is 36.4 Å².